The molecule has 1 amide bonds. The molecule has 1 heterocycles. The van der Waals surface area contributed by atoms with Crippen molar-refractivity contribution in [2.45, 2.75) is 13.0 Å². The lowest BCUT2D eigenvalue weighted by Gasteiger charge is -2.15. The molecular weight excluding hydrogens is 447 g/mol. The fourth-order valence-electron chi connectivity index (χ4n) is 2.74. The first kappa shape index (κ1) is 22.3. The molecule has 3 rings (SSSR count). The van der Waals surface area contributed by atoms with Crippen LogP contribution in [0.15, 0.2) is 48.2 Å². The number of hydrogen-bond donors (Lipinski definition) is 1. The summed E-state index contributed by atoms with van der Waals surface area (Å²) in [5.74, 6) is -1.37. The maximum Gasteiger partial charge on any atom is 0.573 e. The molecule has 164 valence electrons. The van der Waals surface area contributed by atoms with E-state index in [1.807, 2.05) is 0 Å². The largest absolute Gasteiger partial charge is 0.573 e. The van der Waals surface area contributed by atoms with Gasteiger partial charge in [-0.25, -0.2) is 0 Å². The number of methoxy groups -OCH3 is 1. The molecule has 0 saturated carbocycles. The van der Waals surface area contributed by atoms with Gasteiger partial charge in [-0.05, 0) is 48.6 Å². The summed E-state index contributed by atoms with van der Waals surface area (Å²) < 4.78 is 75.8. The number of ether oxygens (including phenoxy) is 3. The minimum absolute atomic E-state index is 0.0276. The van der Waals surface area contributed by atoms with Crippen LogP contribution in [0.2, 0.25) is 0 Å². The molecule has 0 radical (unpaired) electrons. The Balaban J connectivity index is 1.89. The Labute approximate surface area is 177 Å². The summed E-state index contributed by atoms with van der Waals surface area (Å²) in [6.07, 6.45) is -3.61. The van der Waals surface area contributed by atoms with Crippen LogP contribution in [0.3, 0.4) is 0 Å². The summed E-state index contributed by atoms with van der Waals surface area (Å²) in [6, 6.07) is 8.83. The number of benzene rings is 2. The molecule has 2 aromatic rings. The predicted molar refractivity (Wildman–Crippen MR) is 104 cm³/mol. The normalized spacial score (nSPS) is 15.5. The van der Waals surface area contributed by atoms with E-state index in [0.29, 0.717) is 0 Å². The summed E-state index contributed by atoms with van der Waals surface area (Å²) in [7, 11) is 1.27. The van der Waals surface area contributed by atoms with Crippen molar-refractivity contribution in [3.63, 3.8) is 0 Å². The predicted octanol–water partition coefficient (Wildman–Crippen LogP) is 4.46. The Bertz CT molecular complexity index is 1020. The van der Waals surface area contributed by atoms with Crippen molar-refractivity contribution < 1.29 is 41.0 Å². The summed E-state index contributed by atoms with van der Waals surface area (Å²) in [6.45, 7) is -3.13. The highest BCUT2D eigenvalue weighted by molar-refractivity contribution is 7.80. The van der Waals surface area contributed by atoms with Gasteiger partial charge in [0.1, 0.15) is 11.4 Å². The summed E-state index contributed by atoms with van der Waals surface area (Å²) in [5, 5.41) is 2.59. The summed E-state index contributed by atoms with van der Waals surface area (Å²) >= 11 is 5.13. The molecule has 1 N–H and O–H groups in total. The van der Waals surface area contributed by atoms with Gasteiger partial charge in [0.25, 0.3) is 5.91 Å². The second-order valence-corrected chi connectivity index (χ2v) is 6.31. The first-order valence-corrected chi connectivity index (χ1v) is 8.84. The Morgan fingerprint density at radius 3 is 2.39 bits per heavy atom. The third kappa shape index (κ3) is 5.20. The van der Waals surface area contributed by atoms with Gasteiger partial charge < -0.3 is 19.5 Å². The summed E-state index contributed by atoms with van der Waals surface area (Å²) in [5.41, 5.74) is 0.234. The molecule has 0 aromatic heterocycles. The zero-order valence-electron chi connectivity index (χ0n) is 15.6. The van der Waals surface area contributed by atoms with Crippen molar-refractivity contribution in [3.8, 4) is 17.2 Å². The van der Waals surface area contributed by atoms with E-state index in [0.717, 1.165) is 17.0 Å². The maximum atomic E-state index is 12.8. The Morgan fingerprint density at radius 2 is 1.81 bits per heavy atom. The SMILES string of the molecule is COc1cccc(/C=C2\NC(=S)N(c3ccc(OC(F)(F)F)cc3)C2=O)c1OC(F)F. The van der Waals surface area contributed by atoms with Gasteiger partial charge in [0.2, 0.25) is 0 Å². The van der Waals surface area contributed by atoms with E-state index in [-0.39, 0.29) is 33.6 Å². The number of amides is 1. The molecule has 1 aliphatic rings. The quantitative estimate of drug-likeness (QED) is 0.390. The van der Waals surface area contributed by atoms with Crippen LogP contribution in [0.25, 0.3) is 6.08 Å². The highest BCUT2D eigenvalue weighted by Gasteiger charge is 2.34. The lowest BCUT2D eigenvalue weighted by Crippen LogP contribution is -2.30. The number of nitrogens with zero attached hydrogens (tertiary/aromatic N) is 1. The van der Waals surface area contributed by atoms with Crippen LogP contribution in [0.4, 0.5) is 27.6 Å². The average molecular weight is 460 g/mol. The van der Waals surface area contributed by atoms with Crippen molar-refractivity contribution in [2.75, 3.05) is 12.0 Å². The molecule has 0 atom stereocenters. The third-order valence-electron chi connectivity index (χ3n) is 3.94. The number of halogens is 5. The van der Waals surface area contributed by atoms with Crippen LogP contribution in [0.1, 0.15) is 5.56 Å². The number of anilines is 1. The number of para-hydroxylation sites is 1. The Hall–Kier alpha value is -3.41. The van der Waals surface area contributed by atoms with Crippen molar-refractivity contribution in [1.82, 2.24) is 5.32 Å². The first-order chi connectivity index (χ1) is 14.6. The molecule has 6 nitrogen and oxygen atoms in total. The monoisotopic (exact) mass is 460 g/mol. The van der Waals surface area contributed by atoms with E-state index in [2.05, 4.69) is 14.8 Å². The Morgan fingerprint density at radius 1 is 1.13 bits per heavy atom. The van der Waals surface area contributed by atoms with E-state index in [4.69, 9.17) is 17.0 Å². The second kappa shape index (κ2) is 8.76. The van der Waals surface area contributed by atoms with Crippen molar-refractivity contribution in [2.24, 2.45) is 0 Å². The van der Waals surface area contributed by atoms with Crippen LogP contribution in [-0.2, 0) is 4.79 Å². The lowest BCUT2D eigenvalue weighted by atomic mass is 10.1. The van der Waals surface area contributed by atoms with Gasteiger partial charge in [0.05, 0.1) is 12.8 Å². The van der Waals surface area contributed by atoms with Gasteiger partial charge in [0, 0.05) is 5.56 Å². The van der Waals surface area contributed by atoms with Gasteiger partial charge in [-0.15, -0.1) is 13.2 Å². The van der Waals surface area contributed by atoms with Crippen molar-refractivity contribution >= 4 is 35.0 Å². The van der Waals surface area contributed by atoms with Crippen LogP contribution < -0.4 is 24.4 Å². The van der Waals surface area contributed by atoms with Crippen LogP contribution >= 0.6 is 12.2 Å². The van der Waals surface area contributed by atoms with Gasteiger partial charge >= 0.3 is 13.0 Å². The Kier molecular flexibility index (Phi) is 6.29. The number of rotatable bonds is 6. The minimum atomic E-state index is -4.85. The van der Waals surface area contributed by atoms with Crippen LogP contribution in [0.5, 0.6) is 17.2 Å². The number of thiocarbonyl (C=S) groups is 1. The third-order valence-corrected chi connectivity index (χ3v) is 4.23. The minimum Gasteiger partial charge on any atom is -0.493 e. The molecule has 1 saturated heterocycles. The second-order valence-electron chi connectivity index (χ2n) is 5.93. The molecule has 12 heteroatoms. The number of nitrogens with one attached hydrogen (secondary N) is 1. The molecule has 1 aliphatic heterocycles. The zero-order valence-corrected chi connectivity index (χ0v) is 16.4. The smallest absolute Gasteiger partial charge is 0.493 e. The fraction of sp³-hybridized carbons (Fsp3) is 0.158. The zero-order chi connectivity index (χ0) is 22.8. The number of alkyl halides is 5. The molecule has 0 aliphatic carbocycles. The number of hydrogen-bond acceptors (Lipinski definition) is 5. The molecule has 0 unspecified atom stereocenters. The van der Waals surface area contributed by atoms with Crippen molar-refractivity contribution in [1.29, 1.82) is 0 Å². The van der Waals surface area contributed by atoms with Gasteiger partial charge in [0.15, 0.2) is 16.6 Å². The topological polar surface area (TPSA) is 60.0 Å². The van der Waals surface area contributed by atoms with Gasteiger partial charge in [-0.1, -0.05) is 12.1 Å². The molecule has 0 spiro atoms. The van der Waals surface area contributed by atoms with Crippen LogP contribution in [0, 0.1) is 0 Å². The van der Waals surface area contributed by atoms with E-state index >= 15 is 0 Å². The molecule has 1 fully saturated rings. The highest BCUT2D eigenvalue weighted by Crippen LogP contribution is 2.35. The number of carbonyl (C=O) groups is 1. The highest BCUT2D eigenvalue weighted by atomic mass is 32.1. The molecule has 2 aromatic carbocycles. The van der Waals surface area contributed by atoms with Crippen molar-refractivity contribution in [3.05, 3.63) is 53.7 Å². The molecule has 31 heavy (non-hydrogen) atoms. The molecular formula is C19H13F5N2O4S. The molecule has 0 bridgehead atoms. The van der Waals surface area contributed by atoms with Gasteiger partial charge in [-0.3, -0.25) is 9.69 Å². The van der Waals surface area contributed by atoms with Gasteiger partial charge in [-0.2, -0.15) is 8.78 Å². The fourth-order valence-corrected chi connectivity index (χ4v) is 3.04. The first-order valence-electron chi connectivity index (χ1n) is 8.44. The lowest BCUT2D eigenvalue weighted by molar-refractivity contribution is -0.274. The van der Waals surface area contributed by atoms with Crippen LogP contribution in [-0.4, -0.2) is 31.1 Å². The van der Waals surface area contributed by atoms with E-state index in [1.165, 1.54) is 43.5 Å². The average Bonchev–Trinajstić information content (AvgIpc) is 2.95. The summed E-state index contributed by atoms with van der Waals surface area (Å²) in [4.78, 5) is 13.8. The number of carbonyl (C=O) groups excluding carboxylic acids is 1. The van der Waals surface area contributed by atoms with E-state index in [9.17, 15) is 26.7 Å². The standard InChI is InChI=1S/C19H13F5N2O4S/c1-28-14-4-2-3-10(15(14)29-17(20)21)9-13-16(27)26(18(31)25-13)11-5-7-12(8-6-11)30-19(22,23)24/h2-9,17H,1H3,(H,25,31)/b13-9-. The van der Waals surface area contributed by atoms with E-state index in [1.54, 1.807) is 0 Å². The maximum absolute atomic E-state index is 12.8. The van der Waals surface area contributed by atoms with E-state index < -0.39 is 24.6 Å².